The van der Waals surface area contributed by atoms with Gasteiger partial charge < -0.3 is 10.2 Å². The quantitative estimate of drug-likeness (QED) is 0.773. The summed E-state index contributed by atoms with van der Waals surface area (Å²) in [5, 5.41) is 1.86. The summed E-state index contributed by atoms with van der Waals surface area (Å²) in [6.07, 6.45) is -0.127. The van der Waals surface area contributed by atoms with E-state index in [1.54, 1.807) is 0 Å². The minimum Gasteiger partial charge on any atom is -0.332 e. The molecule has 0 spiro atoms. The smallest absolute Gasteiger partial charge is 0.324 e. The van der Waals surface area contributed by atoms with E-state index < -0.39 is 24.9 Å². The van der Waals surface area contributed by atoms with Crippen molar-refractivity contribution < 1.29 is 22.4 Å². The number of carbonyl (C=O) groups excluding carboxylic acids is 1. The molecule has 2 amide bonds. The van der Waals surface area contributed by atoms with E-state index in [1.165, 1.54) is 4.90 Å². The Balaban J connectivity index is 2.38. The summed E-state index contributed by atoms with van der Waals surface area (Å²) >= 11 is 0. The minimum absolute atomic E-state index is 0.492. The highest BCUT2D eigenvalue weighted by Crippen LogP contribution is 2.21. The summed E-state index contributed by atoms with van der Waals surface area (Å²) in [5.41, 5.74) is 0. The standard InChI is InChI=1S/C10H16F4N2O/c11-8(12)10(13,14)7-15-9(17)16-5-3-1-2-4-6-16/h8H,1-7H2,(H,15,17). The van der Waals surface area contributed by atoms with Crippen LogP contribution >= 0.6 is 0 Å². The third-order valence-corrected chi connectivity index (χ3v) is 2.69. The van der Waals surface area contributed by atoms with Crippen molar-refractivity contribution in [1.82, 2.24) is 10.2 Å². The van der Waals surface area contributed by atoms with Crippen LogP contribution in [-0.4, -0.2) is 42.9 Å². The molecule has 0 radical (unpaired) electrons. The summed E-state index contributed by atoms with van der Waals surface area (Å²) in [6, 6.07) is -0.688. The lowest BCUT2D eigenvalue weighted by Crippen LogP contribution is -2.47. The molecule has 0 aromatic heterocycles. The zero-order chi connectivity index (χ0) is 12.9. The lowest BCUT2D eigenvalue weighted by Gasteiger charge is -2.22. The molecule has 3 nitrogen and oxygen atoms in total. The van der Waals surface area contributed by atoms with E-state index in [9.17, 15) is 22.4 Å². The fourth-order valence-electron chi connectivity index (χ4n) is 1.66. The fourth-order valence-corrected chi connectivity index (χ4v) is 1.66. The fraction of sp³-hybridized carbons (Fsp3) is 0.900. The molecule has 7 heteroatoms. The molecular formula is C10H16F4N2O. The lowest BCUT2D eigenvalue weighted by molar-refractivity contribution is -0.123. The Morgan fingerprint density at radius 2 is 1.71 bits per heavy atom. The maximum absolute atomic E-state index is 12.6. The van der Waals surface area contributed by atoms with Gasteiger partial charge >= 0.3 is 18.4 Å². The van der Waals surface area contributed by atoms with Gasteiger partial charge in [-0.15, -0.1) is 0 Å². The molecule has 0 bridgehead atoms. The third kappa shape index (κ3) is 4.40. The number of rotatable bonds is 3. The molecule has 1 rings (SSSR count). The zero-order valence-corrected chi connectivity index (χ0v) is 9.39. The predicted octanol–water partition coefficient (Wildman–Crippen LogP) is 2.47. The van der Waals surface area contributed by atoms with Crippen LogP contribution in [0.5, 0.6) is 0 Å². The first-order valence-electron chi connectivity index (χ1n) is 5.62. The number of hydrogen-bond acceptors (Lipinski definition) is 1. The van der Waals surface area contributed by atoms with Crippen LogP contribution in [0.4, 0.5) is 22.4 Å². The molecule has 1 heterocycles. The van der Waals surface area contributed by atoms with Crippen molar-refractivity contribution in [3.8, 4) is 0 Å². The molecule has 1 fully saturated rings. The van der Waals surface area contributed by atoms with Crippen molar-refractivity contribution in [2.45, 2.75) is 38.0 Å². The van der Waals surface area contributed by atoms with Gasteiger partial charge in [0.15, 0.2) is 0 Å². The normalized spacial score (nSPS) is 18.1. The van der Waals surface area contributed by atoms with Crippen molar-refractivity contribution in [2.75, 3.05) is 19.6 Å². The van der Waals surface area contributed by atoms with Gasteiger partial charge in [0.1, 0.15) is 0 Å². The van der Waals surface area contributed by atoms with Crippen molar-refractivity contribution in [2.24, 2.45) is 0 Å². The average molecular weight is 256 g/mol. The monoisotopic (exact) mass is 256 g/mol. The van der Waals surface area contributed by atoms with Crippen LogP contribution in [0.25, 0.3) is 0 Å². The molecule has 1 aliphatic rings. The Hall–Kier alpha value is -1.01. The number of amides is 2. The Morgan fingerprint density at radius 1 is 1.18 bits per heavy atom. The molecule has 0 aliphatic carbocycles. The van der Waals surface area contributed by atoms with Gasteiger partial charge in [-0.25, -0.2) is 13.6 Å². The topological polar surface area (TPSA) is 32.3 Å². The van der Waals surface area contributed by atoms with E-state index in [4.69, 9.17) is 0 Å². The number of carbonyl (C=O) groups is 1. The Morgan fingerprint density at radius 3 is 2.18 bits per heavy atom. The Kier molecular flexibility index (Phi) is 5.02. The van der Waals surface area contributed by atoms with Gasteiger partial charge in [0, 0.05) is 13.1 Å². The minimum atomic E-state index is -4.17. The molecule has 1 saturated heterocycles. The number of nitrogens with zero attached hydrogens (tertiary/aromatic N) is 1. The van der Waals surface area contributed by atoms with Crippen LogP contribution in [0, 0.1) is 0 Å². The highest BCUT2D eigenvalue weighted by molar-refractivity contribution is 5.74. The van der Waals surface area contributed by atoms with Crippen LogP contribution in [0.3, 0.4) is 0 Å². The van der Waals surface area contributed by atoms with E-state index >= 15 is 0 Å². The van der Waals surface area contributed by atoms with E-state index in [2.05, 4.69) is 0 Å². The van der Waals surface area contributed by atoms with E-state index in [-0.39, 0.29) is 0 Å². The molecule has 0 atom stereocenters. The van der Waals surface area contributed by atoms with Gasteiger partial charge in [-0.2, -0.15) is 8.78 Å². The summed E-state index contributed by atoms with van der Waals surface area (Å²) in [7, 11) is 0. The van der Waals surface area contributed by atoms with Gasteiger partial charge in [-0.3, -0.25) is 0 Å². The maximum Gasteiger partial charge on any atom is 0.324 e. The van der Waals surface area contributed by atoms with Crippen molar-refractivity contribution >= 4 is 6.03 Å². The number of urea groups is 1. The van der Waals surface area contributed by atoms with E-state index in [0.717, 1.165) is 25.7 Å². The summed E-state index contributed by atoms with van der Waals surface area (Å²) in [4.78, 5) is 12.9. The molecule has 0 aromatic carbocycles. The van der Waals surface area contributed by atoms with Crippen molar-refractivity contribution in [1.29, 1.82) is 0 Å². The van der Waals surface area contributed by atoms with Gasteiger partial charge in [0.25, 0.3) is 0 Å². The molecule has 0 unspecified atom stereocenters. The molecule has 1 aliphatic heterocycles. The van der Waals surface area contributed by atoms with Crippen molar-refractivity contribution in [3.63, 3.8) is 0 Å². The lowest BCUT2D eigenvalue weighted by atomic mass is 10.2. The first-order valence-corrected chi connectivity index (χ1v) is 5.62. The van der Waals surface area contributed by atoms with Crippen LogP contribution in [0.1, 0.15) is 25.7 Å². The van der Waals surface area contributed by atoms with Crippen LogP contribution in [0.2, 0.25) is 0 Å². The molecule has 0 saturated carbocycles. The highest BCUT2D eigenvalue weighted by atomic mass is 19.3. The second-order valence-corrected chi connectivity index (χ2v) is 4.12. The Bertz CT molecular complexity index is 253. The zero-order valence-electron chi connectivity index (χ0n) is 9.39. The Labute approximate surface area is 97.2 Å². The van der Waals surface area contributed by atoms with Crippen LogP contribution in [0.15, 0.2) is 0 Å². The number of hydrogen-bond donors (Lipinski definition) is 1. The molecule has 0 aromatic rings. The van der Waals surface area contributed by atoms with Gasteiger partial charge in [0.2, 0.25) is 0 Å². The summed E-state index contributed by atoms with van der Waals surface area (Å²) in [5.74, 6) is -4.17. The van der Waals surface area contributed by atoms with Gasteiger partial charge in [-0.1, -0.05) is 12.8 Å². The summed E-state index contributed by atoms with van der Waals surface area (Å²) < 4.78 is 48.9. The molecule has 100 valence electrons. The summed E-state index contributed by atoms with van der Waals surface area (Å²) in [6.45, 7) is -0.335. The maximum atomic E-state index is 12.6. The van der Waals surface area contributed by atoms with E-state index in [0.29, 0.717) is 13.1 Å². The first-order chi connectivity index (χ1) is 7.93. The average Bonchev–Trinajstić information content (AvgIpc) is 2.54. The number of halogens is 4. The molecule has 17 heavy (non-hydrogen) atoms. The van der Waals surface area contributed by atoms with Crippen LogP contribution < -0.4 is 5.32 Å². The highest BCUT2D eigenvalue weighted by Gasteiger charge is 2.41. The SMILES string of the molecule is O=C(NCC(F)(F)C(F)F)N1CCCCCC1. The van der Waals surface area contributed by atoms with E-state index in [1.807, 2.05) is 5.32 Å². The number of alkyl halides is 4. The second-order valence-electron chi connectivity index (χ2n) is 4.12. The molecular weight excluding hydrogens is 240 g/mol. The second kappa shape index (κ2) is 6.07. The van der Waals surface area contributed by atoms with Crippen LogP contribution in [-0.2, 0) is 0 Å². The first kappa shape index (κ1) is 14.1. The number of likely N-dealkylation sites (tertiary alicyclic amines) is 1. The number of nitrogens with one attached hydrogen (secondary N) is 1. The predicted molar refractivity (Wildman–Crippen MR) is 54.4 cm³/mol. The molecule has 1 N–H and O–H groups in total. The van der Waals surface area contributed by atoms with Gasteiger partial charge in [-0.05, 0) is 12.8 Å². The van der Waals surface area contributed by atoms with Crippen molar-refractivity contribution in [3.05, 3.63) is 0 Å². The largest absolute Gasteiger partial charge is 0.332 e. The third-order valence-electron chi connectivity index (χ3n) is 2.69. The van der Waals surface area contributed by atoms with Gasteiger partial charge in [0.05, 0.1) is 6.54 Å².